The van der Waals surface area contributed by atoms with Gasteiger partial charge in [-0.2, -0.15) is 18.2 Å². The predicted molar refractivity (Wildman–Crippen MR) is 82.2 cm³/mol. The van der Waals surface area contributed by atoms with Gasteiger partial charge in [0.15, 0.2) is 5.69 Å². The molecule has 0 saturated carbocycles. The SMILES string of the molecule is COc1nc(C(F)(F)F)cc(=O)n1-c1ccc(Cl)c(OC(C)C)c1. The molecular weight excluding hydrogens is 349 g/mol. The fraction of sp³-hybridized carbons (Fsp3) is 0.333. The minimum atomic E-state index is -4.75. The quantitative estimate of drug-likeness (QED) is 0.832. The highest BCUT2D eigenvalue weighted by molar-refractivity contribution is 6.32. The number of alkyl halides is 3. The van der Waals surface area contributed by atoms with E-state index in [0.717, 1.165) is 11.7 Å². The second kappa shape index (κ2) is 6.72. The average molecular weight is 363 g/mol. The van der Waals surface area contributed by atoms with Crippen LogP contribution in [0.3, 0.4) is 0 Å². The number of aromatic nitrogens is 2. The Bertz CT molecular complexity index is 804. The monoisotopic (exact) mass is 362 g/mol. The molecule has 24 heavy (non-hydrogen) atoms. The van der Waals surface area contributed by atoms with Crippen LogP contribution in [-0.4, -0.2) is 22.8 Å². The topological polar surface area (TPSA) is 53.3 Å². The number of halogens is 4. The van der Waals surface area contributed by atoms with Crippen molar-refractivity contribution in [2.45, 2.75) is 26.1 Å². The van der Waals surface area contributed by atoms with E-state index in [1.54, 1.807) is 13.8 Å². The second-order valence-electron chi connectivity index (χ2n) is 5.08. The zero-order valence-electron chi connectivity index (χ0n) is 13.0. The number of benzene rings is 1. The van der Waals surface area contributed by atoms with Crippen LogP contribution < -0.4 is 15.0 Å². The van der Waals surface area contributed by atoms with E-state index < -0.39 is 23.4 Å². The lowest BCUT2D eigenvalue weighted by molar-refractivity contribution is -0.141. The van der Waals surface area contributed by atoms with Gasteiger partial charge in [0, 0.05) is 12.1 Å². The molecular formula is C15H14ClF3N2O3. The largest absolute Gasteiger partial charge is 0.489 e. The predicted octanol–water partition coefficient (Wildman–Crippen LogP) is 3.70. The van der Waals surface area contributed by atoms with Gasteiger partial charge < -0.3 is 9.47 Å². The van der Waals surface area contributed by atoms with Crippen molar-refractivity contribution in [1.82, 2.24) is 9.55 Å². The Labute approximate surface area is 140 Å². The number of ether oxygens (including phenoxy) is 2. The van der Waals surface area contributed by atoms with Crippen LogP contribution in [0.2, 0.25) is 5.02 Å². The van der Waals surface area contributed by atoms with Crippen LogP contribution in [0, 0.1) is 0 Å². The summed E-state index contributed by atoms with van der Waals surface area (Å²) < 4.78 is 49.6. The van der Waals surface area contributed by atoms with Gasteiger partial charge in [-0.1, -0.05) is 11.6 Å². The lowest BCUT2D eigenvalue weighted by Gasteiger charge is -2.16. The highest BCUT2D eigenvalue weighted by Gasteiger charge is 2.34. The molecule has 1 aromatic heterocycles. The molecule has 0 aliphatic rings. The van der Waals surface area contributed by atoms with Gasteiger partial charge in [-0.05, 0) is 26.0 Å². The van der Waals surface area contributed by atoms with E-state index in [-0.39, 0.29) is 17.5 Å². The standard InChI is InChI=1S/C15H14ClF3N2O3/c1-8(2)24-11-6-9(4-5-10(11)16)21-13(22)7-12(15(17,18)19)20-14(21)23-3/h4-8H,1-3H3. The number of rotatable bonds is 4. The Morgan fingerprint density at radius 1 is 1.25 bits per heavy atom. The van der Waals surface area contributed by atoms with Crippen LogP contribution in [0.1, 0.15) is 19.5 Å². The zero-order chi connectivity index (χ0) is 18.1. The van der Waals surface area contributed by atoms with Crippen molar-refractivity contribution in [1.29, 1.82) is 0 Å². The molecule has 130 valence electrons. The van der Waals surface area contributed by atoms with Crippen molar-refractivity contribution < 1.29 is 22.6 Å². The van der Waals surface area contributed by atoms with Crippen molar-refractivity contribution in [3.05, 3.63) is 45.3 Å². The highest BCUT2D eigenvalue weighted by atomic mass is 35.5. The molecule has 0 bridgehead atoms. The maximum absolute atomic E-state index is 12.8. The van der Waals surface area contributed by atoms with Gasteiger partial charge in [0.05, 0.1) is 23.9 Å². The first kappa shape index (κ1) is 18.1. The minimum Gasteiger partial charge on any atom is -0.489 e. The molecule has 0 N–H and O–H groups in total. The van der Waals surface area contributed by atoms with E-state index in [4.69, 9.17) is 21.1 Å². The molecule has 1 heterocycles. The van der Waals surface area contributed by atoms with Crippen molar-refractivity contribution in [2.24, 2.45) is 0 Å². The summed E-state index contributed by atoms with van der Waals surface area (Å²) >= 11 is 6.02. The second-order valence-corrected chi connectivity index (χ2v) is 5.49. The Morgan fingerprint density at radius 2 is 1.92 bits per heavy atom. The van der Waals surface area contributed by atoms with Crippen molar-refractivity contribution in [3.63, 3.8) is 0 Å². The lowest BCUT2D eigenvalue weighted by Crippen LogP contribution is -2.24. The first-order valence-electron chi connectivity index (χ1n) is 6.85. The first-order chi connectivity index (χ1) is 11.1. The molecule has 0 saturated heterocycles. The molecule has 0 atom stereocenters. The van der Waals surface area contributed by atoms with Crippen LogP contribution in [0.15, 0.2) is 29.1 Å². The van der Waals surface area contributed by atoms with Crippen molar-refractivity contribution in [2.75, 3.05) is 7.11 Å². The molecule has 0 amide bonds. The smallest absolute Gasteiger partial charge is 0.433 e. The van der Waals surface area contributed by atoms with Crippen molar-refractivity contribution in [3.8, 4) is 17.4 Å². The maximum Gasteiger partial charge on any atom is 0.433 e. The van der Waals surface area contributed by atoms with E-state index in [1.807, 2.05) is 0 Å². The summed E-state index contributed by atoms with van der Waals surface area (Å²) in [5.74, 6) is 0.290. The Kier molecular flexibility index (Phi) is 5.08. The summed E-state index contributed by atoms with van der Waals surface area (Å²) in [6, 6.07) is 4.26. The Morgan fingerprint density at radius 3 is 2.46 bits per heavy atom. The summed E-state index contributed by atoms with van der Waals surface area (Å²) in [6.07, 6.45) is -4.93. The van der Waals surface area contributed by atoms with Gasteiger partial charge in [-0.3, -0.25) is 4.79 Å². The molecule has 5 nitrogen and oxygen atoms in total. The van der Waals surface area contributed by atoms with E-state index in [2.05, 4.69) is 4.98 Å². The highest BCUT2D eigenvalue weighted by Crippen LogP contribution is 2.31. The van der Waals surface area contributed by atoms with Crippen LogP contribution in [0.5, 0.6) is 11.8 Å². The first-order valence-corrected chi connectivity index (χ1v) is 7.23. The number of hydrogen-bond donors (Lipinski definition) is 0. The Balaban J connectivity index is 2.62. The lowest BCUT2D eigenvalue weighted by atomic mass is 10.2. The van der Waals surface area contributed by atoms with Crippen LogP contribution in [-0.2, 0) is 6.18 Å². The molecule has 1 aromatic carbocycles. The van der Waals surface area contributed by atoms with Gasteiger partial charge in [-0.25, -0.2) is 4.57 Å². The summed E-state index contributed by atoms with van der Waals surface area (Å²) in [6.45, 7) is 3.57. The van der Waals surface area contributed by atoms with Crippen LogP contribution in [0.25, 0.3) is 5.69 Å². The fourth-order valence-corrected chi connectivity index (χ4v) is 2.12. The van der Waals surface area contributed by atoms with Crippen molar-refractivity contribution >= 4 is 11.6 Å². The number of methoxy groups -OCH3 is 1. The molecule has 2 aromatic rings. The van der Waals surface area contributed by atoms with E-state index in [0.29, 0.717) is 11.1 Å². The Hall–Kier alpha value is -2.22. The van der Waals surface area contributed by atoms with Gasteiger partial charge in [-0.15, -0.1) is 0 Å². The molecule has 2 rings (SSSR count). The molecule has 0 aliphatic carbocycles. The molecule has 0 spiro atoms. The third kappa shape index (κ3) is 3.81. The summed E-state index contributed by atoms with van der Waals surface area (Å²) in [7, 11) is 1.12. The van der Waals surface area contributed by atoms with Gasteiger partial charge in [0.25, 0.3) is 5.56 Å². The molecule has 0 aliphatic heterocycles. The fourth-order valence-electron chi connectivity index (χ4n) is 1.96. The summed E-state index contributed by atoms with van der Waals surface area (Å²) in [4.78, 5) is 15.5. The summed E-state index contributed by atoms with van der Waals surface area (Å²) in [5, 5.41) is 0.305. The molecule has 9 heteroatoms. The van der Waals surface area contributed by atoms with Gasteiger partial charge in [0.2, 0.25) is 0 Å². The third-order valence-electron chi connectivity index (χ3n) is 2.90. The molecule has 0 radical (unpaired) electrons. The van der Waals surface area contributed by atoms with E-state index in [9.17, 15) is 18.0 Å². The van der Waals surface area contributed by atoms with E-state index >= 15 is 0 Å². The number of nitrogens with zero attached hydrogens (tertiary/aromatic N) is 2. The van der Waals surface area contributed by atoms with Gasteiger partial charge in [0.1, 0.15) is 5.75 Å². The minimum absolute atomic E-state index is 0.179. The van der Waals surface area contributed by atoms with Crippen LogP contribution >= 0.6 is 11.6 Å². The maximum atomic E-state index is 12.8. The molecule has 0 unspecified atom stereocenters. The third-order valence-corrected chi connectivity index (χ3v) is 3.21. The normalized spacial score (nSPS) is 11.7. The van der Waals surface area contributed by atoms with Crippen LogP contribution in [0.4, 0.5) is 13.2 Å². The molecule has 0 fully saturated rings. The zero-order valence-corrected chi connectivity index (χ0v) is 13.8. The number of hydrogen-bond acceptors (Lipinski definition) is 4. The van der Waals surface area contributed by atoms with E-state index in [1.165, 1.54) is 18.2 Å². The average Bonchev–Trinajstić information content (AvgIpc) is 2.47. The van der Waals surface area contributed by atoms with Gasteiger partial charge >= 0.3 is 12.2 Å². The summed E-state index contributed by atoms with van der Waals surface area (Å²) in [5.41, 5.74) is -2.04.